The fraction of sp³-hybridized carbons (Fsp3) is 0.111. The Bertz CT molecular complexity index is 887. The summed E-state index contributed by atoms with van der Waals surface area (Å²) >= 11 is 5.35. The molecule has 1 saturated heterocycles. The molecule has 1 aliphatic heterocycles. The number of carbonyl (C=O) groups excluding carboxylic acids is 1. The third-order valence-electron chi connectivity index (χ3n) is 4.09. The third kappa shape index (κ3) is 2.49. The van der Waals surface area contributed by atoms with Crippen LogP contribution in [0.25, 0.3) is 10.9 Å². The number of carbonyl (C=O) groups is 1. The first-order valence-corrected chi connectivity index (χ1v) is 7.89. The van der Waals surface area contributed by atoms with Gasteiger partial charge in [-0.3, -0.25) is 9.69 Å². The average molecular weight is 321 g/mol. The van der Waals surface area contributed by atoms with Crippen molar-refractivity contribution in [2.24, 2.45) is 0 Å². The zero-order valence-corrected chi connectivity index (χ0v) is 13.1. The summed E-state index contributed by atoms with van der Waals surface area (Å²) in [6, 6.07) is 17.4. The van der Waals surface area contributed by atoms with Crippen LogP contribution < -0.4 is 10.2 Å². The van der Waals surface area contributed by atoms with Crippen LogP contribution in [0.4, 0.5) is 5.69 Å². The van der Waals surface area contributed by atoms with Gasteiger partial charge in [-0.2, -0.15) is 0 Å². The molecule has 0 saturated carbocycles. The molecule has 0 bridgehead atoms. The van der Waals surface area contributed by atoms with Gasteiger partial charge in [0.15, 0.2) is 5.11 Å². The minimum absolute atomic E-state index is 0.00429. The number of para-hydroxylation sites is 1. The van der Waals surface area contributed by atoms with Gasteiger partial charge in [0.25, 0.3) is 5.91 Å². The topological polar surface area (TPSA) is 48.1 Å². The number of amides is 1. The van der Waals surface area contributed by atoms with Crippen LogP contribution in [0.15, 0.2) is 60.8 Å². The van der Waals surface area contributed by atoms with Crippen LogP contribution in [0.5, 0.6) is 0 Å². The fourth-order valence-corrected chi connectivity index (χ4v) is 3.29. The van der Waals surface area contributed by atoms with Gasteiger partial charge in [-0.05, 0) is 53.5 Å². The Hall–Kier alpha value is -2.66. The number of nitrogens with one attached hydrogen (secondary N) is 2. The summed E-state index contributed by atoms with van der Waals surface area (Å²) in [5.74, 6) is -0.00429. The molecule has 1 fully saturated rings. The molecule has 2 heterocycles. The molecule has 2 aromatic carbocycles. The van der Waals surface area contributed by atoms with Gasteiger partial charge in [-0.25, -0.2) is 0 Å². The van der Waals surface area contributed by atoms with Crippen LogP contribution in [0.2, 0.25) is 0 Å². The van der Waals surface area contributed by atoms with Gasteiger partial charge in [0, 0.05) is 18.1 Å². The van der Waals surface area contributed by atoms with Crippen molar-refractivity contribution >= 4 is 39.8 Å². The second kappa shape index (κ2) is 5.52. The summed E-state index contributed by atoms with van der Waals surface area (Å²) in [6.45, 7) is 0. The van der Waals surface area contributed by atoms with Crippen LogP contribution in [0.3, 0.4) is 0 Å². The molecule has 114 valence electrons. The number of thiocarbonyl (C=S) groups is 1. The molecule has 2 N–H and O–H groups in total. The van der Waals surface area contributed by atoms with E-state index in [-0.39, 0.29) is 11.9 Å². The van der Waals surface area contributed by atoms with Gasteiger partial charge in [-0.15, -0.1) is 0 Å². The summed E-state index contributed by atoms with van der Waals surface area (Å²) in [4.78, 5) is 17.5. The standard InChI is InChI=1S/C18H15N3OS/c22-17-16(11-12-6-7-15-13(10-12)8-9-19-15)20-18(23)21(17)14-4-2-1-3-5-14/h1-10,16,19H,11H2,(H,20,23)/t16-/m0/s1. The van der Waals surface area contributed by atoms with E-state index in [2.05, 4.69) is 16.4 Å². The first-order chi connectivity index (χ1) is 11.2. The monoisotopic (exact) mass is 321 g/mol. The lowest BCUT2D eigenvalue weighted by Gasteiger charge is -2.14. The van der Waals surface area contributed by atoms with E-state index in [1.165, 1.54) is 0 Å². The SMILES string of the molecule is O=C1[C@H](Cc2ccc3[nH]ccc3c2)NC(=S)N1c1ccccc1. The molecule has 4 nitrogen and oxygen atoms in total. The normalized spacial score (nSPS) is 17.7. The maximum absolute atomic E-state index is 12.7. The highest BCUT2D eigenvalue weighted by Crippen LogP contribution is 2.22. The number of hydrogen-bond donors (Lipinski definition) is 2. The van der Waals surface area contributed by atoms with E-state index in [1.807, 2.05) is 54.7 Å². The number of anilines is 1. The van der Waals surface area contributed by atoms with Crippen molar-refractivity contribution in [2.75, 3.05) is 4.90 Å². The second-order valence-electron chi connectivity index (χ2n) is 5.61. The van der Waals surface area contributed by atoms with Gasteiger partial charge in [0.2, 0.25) is 0 Å². The van der Waals surface area contributed by atoms with Crippen LogP contribution in [-0.2, 0) is 11.2 Å². The number of nitrogens with zero attached hydrogens (tertiary/aromatic N) is 1. The van der Waals surface area contributed by atoms with Gasteiger partial charge in [0.05, 0.1) is 5.69 Å². The molecule has 1 aromatic heterocycles. The van der Waals surface area contributed by atoms with Crippen LogP contribution in [0, 0.1) is 0 Å². The molecule has 0 spiro atoms. The van der Waals surface area contributed by atoms with Crippen molar-refractivity contribution in [1.82, 2.24) is 10.3 Å². The lowest BCUT2D eigenvalue weighted by atomic mass is 10.0. The Labute approximate surface area is 139 Å². The predicted molar refractivity (Wildman–Crippen MR) is 95.5 cm³/mol. The van der Waals surface area contributed by atoms with E-state index in [0.29, 0.717) is 11.5 Å². The van der Waals surface area contributed by atoms with Gasteiger partial charge < -0.3 is 10.3 Å². The lowest BCUT2D eigenvalue weighted by Crippen LogP contribution is -2.32. The summed E-state index contributed by atoms with van der Waals surface area (Å²) in [7, 11) is 0. The Morgan fingerprint density at radius 2 is 1.91 bits per heavy atom. The maximum atomic E-state index is 12.7. The quantitative estimate of drug-likeness (QED) is 0.729. The predicted octanol–water partition coefficient (Wildman–Crippen LogP) is 3.00. The largest absolute Gasteiger partial charge is 0.361 e. The molecule has 3 aromatic rings. The minimum atomic E-state index is -0.320. The second-order valence-corrected chi connectivity index (χ2v) is 6.00. The first-order valence-electron chi connectivity index (χ1n) is 7.48. The van der Waals surface area contributed by atoms with Crippen molar-refractivity contribution in [3.63, 3.8) is 0 Å². The molecule has 4 rings (SSSR count). The van der Waals surface area contributed by atoms with E-state index in [4.69, 9.17) is 12.2 Å². The molecule has 5 heteroatoms. The summed E-state index contributed by atoms with van der Waals surface area (Å²) in [5.41, 5.74) is 3.01. The molecular formula is C18H15N3OS. The lowest BCUT2D eigenvalue weighted by molar-refractivity contribution is -0.118. The number of rotatable bonds is 3. The van der Waals surface area contributed by atoms with Gasteiger partial charge >= 0.3 is 0 Å². The number of aromatic nitrogens is 1. The first kappa shape index (κ1) is 14.0. The highest BCUT2D eigenvalue weighted by molar-refractivity contribution is 7.80. The van der Waals surface area contributed by atoms with E-state index in [0.717, 1.165) is 22.2 Å². The molecule has 0 aliphatic carbocycles. The minimum Gasteiger partial charge on any atom is -0.361 e. The summed E-state index contributed by atoms with van der Waals surface area (Å²) in [6.07, 6.45) is 2.53. The Morgan fingerprint density at radius 1 is 1.09 bits per heavy atom. The number of H-pyrrole nitrogens is 1. The number of aromatic amines is 1. The number of benzene rings is 2. The number of hydrogen-bond acceptors (Lipinski definition) is 2. The van der Waals surface area contributed by atoms with Crippen molar-refractivity contribution < 1.29 is 4.79 Å². The van der Waals surface area contributed by atoms with Crippen LogP contribution in [0.1, 0.15) is 5.56 Å². The molecule has 23 heavy (non-hydrogen) atoms. The highest BCUT2D eigenvalue weighted by Gasteiger charge is 2.36. The fourth-order valence-electron chi connectivity index (χ4n) is 2.96. The van der Waals surface area contributed by atoms with Crippen LogP contribution in [-0.4, -0.2) is 22.0 Å². The average Bonchev–Trinajstić information content (AvgIpc) is 3.13. The molecule has 1 atom stereocenters. The molecular weight excluding hydrogens is 306 g/mol. The van der Waals surface area contributed by atoms with Crippen LogP contribution >= 0.6 is 12.2 Å². The molecule has 0 radical (unpaired) electrons. The van der Waals surface area contributed by atoms with E-state index in [9.17, 15) is 4.79 Å². The summed E-state index contributed by atoms with van der Waals surface area (Å²) in [5, 5.41) is 4.76. The van der Waals surface area contributed by atoms with Crippen molar-refractivity contribution in [3.8, 4) is 0 Å². The molecule has 0 unspecified atom stereocenters. The number of fused-ring (bicyclic) bond motifs is 1. The van der Waals surface area contributed by atoms with Crippen molar-refractivity contribution in [1.29, 1.82) is 0 Å². The smallest absolute Gasteiger partial charge is 0.256 e. The van der Waals surface area contributed by atoms with Crippen molar-refractivity contribution in [3.05, 3.63) is 66.4 Å². The van der Waals surface area contributed by atoms with E-state index >= 15 is 0 Å². The molecule has 1 aliphatic rings. The Balaban J connectivity index is 1.58. The third-order valence-corrected chi connectivity index (χ3v) is 4.39. The Morgan fingerprint density at radius 3 is 2.74 bits per heavy atom. The Kier molecular flexibility index (Phi) is 3.35. The van der Waals surface area contributed by atoms with E-state index in [1.54, 1.807) is 4.90 Å². The molecule has 1 amide bonds. The zero-order valence-electron chi connectivity index (χ0n) is 12.3. The maximum Gasteiger partial charge on any atom is 0.256 e. The van der Waals surface area contributed by atoms with Gasteiger partial charge in [-0.1, -0.05) is 24.3 Å². The highest BCUT2D eigenvalue weighted by atomic mass is 32.1. The van der Waals surface area contributed by atoms with Crippen molar-refractivity contribution in [2.45, 2.75) is 12.5 Å². The zero-order chi connectivity index (χ0) is 15.8. The summed E-state index contributed by atoms with van der Waals surface area (Å²) < 4.78 is 0. The van der Waals surface area contributed by atoms with Gasteiger partial charge in [0.1, 0.15) is 6.04 Å². The van der Waals surface area contributed by atoms with E-state index < -0.39 is 0 Å².